The van der Waals surface area contributed by atoms with E-state index < -0.39 is 11.7 Å². The molecule has 0 amide bonds. The number of pyridine rings is 1. The summed E-state index contributed by atoms with van der Waals surface area (Å²) in [5, 5.41) is 3.32. The van der Waals surface area contributed by atoms with Gasteiger partial charge < -0.3 is 10.2 Å². The summed E-state index contributed by atoms with van der Waals surface area (Å²) in [5.74, 6) is 0.851. The third-order valence-corrected chi connectivity index (χ3v) is 4.00. The summed E-state index contributed by atoms with van der Waals surface area (Å²) < 4.78 is 38.3. The van der Waals surface area contributed by atoms with Crippen molar-refractivity contribution in [3.63, 3.8) is 0 Å². The Morgan fingerprint density at radius 1 is 1.42 bits per heavy atom. The van der Waals surface area contributed by atoms with E-state index in [0.29, 0.717) is 6.04 Å². The van der Waals surface area contributed by atoms with Crippen LogP contribution in [0.1, 0.15) is 30.4 Å². The van der Waals surface area contributed by atoms with Crippen LogP contribution in [0.25, 0.3) is 0 Å². The molecule has 0 saturated carbocycles. The summed E-state index contributed by atoms with van der Waals surface area (Å²) in [6.45, 7) is 4.52. The second kappa shape index (κ2) is 4.37. The van der Waals surface area contributed by atoms with Gasteiger partial charge in [0.1, 0.15) is 5.82 Å². The molecule has 1 saturated heterocycles. The Bertz CT molecular complexity index is 487. The Labute approximate surface area is 109 Å². The fourth-order valence-electron chi connectivity index (χ4n) is 3.02. The van der Waals surface area contributed by atoms with Crippen LogP contribution in [0.15, 0.2) is 12.3 Å². The Morgan fingerprint density at radius 3 is 2.95 bits per heavy atom. The van der Waals surface area contributed by atoms with Gasteiger partial charge in [0, 0.05) is 31.9 Å². The number of halogens is 3. The molecule has 0 unspecified atom stereocenters. The zero-order valence-electron chi connectivity index (χ0n) is 10.7. The monoisotopic (exact) mass is 271 g/mol. The molecule has 2 aliphatic heterocycles. The molecule has 1 aromatic rings. The summed E-state index contributed by atoms with van der Waals surface area (Å²) in [4.78, 5) is 6.24. The number of hydrogen-bond acceptors (Lipinski definition) is 3. The van der Waals surface area contributed by atoms with E-state index >= 15 is 0 Å². The van der Waals surface area contributed by atoms with E-state index in [4.69, 9.17) is 0 Å². The van der Waals surface area contributed by atoms with Crippen LogP contribution in [0.4, 0.5) is 19.0 Å². The molecular weight excluding hydrogens is 255 g/mol. The average molecular weight is 271 g/mol. The van der Waals surface area contributed by atoms with Crippen LogP contribution in [0.5, 0.6) is 0 Å². The van der Waals surface area contributed by atoms with Crippen molar-refractivity contribution in [1.82, 2.24) is 10.3 Å². The van der Waals surface area contributed by atoms with Crippen LogP contribution in [0, 0.1) is 0 Å². The van der Waals surface area contributed by atoms with E-state index in [1.165, 1.54) is 6.07 Å². The smallest absolute Gasteiger partial charge is 0.351 e. The quantitative estimate of drug-likeness (QED) is 0.785. The van der Waals surface area contributed by atoms with Gasteiger partial charge >= 0.3 is 6.18 Å². The van der Waals surface area contributed by atoms with E-state index in [0.717, 1.165) is 43.6 Å². The molecule has 1 fully saturated rings. The highest BCUT2D eigenvalue weighted by Crippen LogP contribution is 2.40. The molecule has 19 heavy (non-hydrogen) atoms. The molecular formula is C13H16F3N3. The molecule has 2 atom stereocenters. The van der Waals surface area contributed by atoms with E-state index in [9.17, 15) is 13.2 Å². The molecule has 0 spiro atoms. The zero-order chi connectivity index (χ0) is 13.6. The Morgan fingerprint density at radius 2 is 2.21 bits per heavy atom. The van der Waals surface area contributed by atoms with Crippen LogP contribution >= 0.6 is 0 Å². The van der Waals surface area contributed by atoms with E-state index in [1.54, 1.807) is 0 Å². The molecule has 2 aliphatic rings. The molecule has 1 aromatic heterocycles. The predicted octanol–water partition coefficient (Wildman–Crippen LogP) is 2.39. The van der Waals surface area contributed by atoms with Gasteiger partial charge in [0.2, 0.25) is 0 Å². The zero-order valence-corrected chi connectivity index (χ0v) is 10.7. The number of hydrogen-bond donors (Lipinski definition) is 1. The predicted molar refractivity (Wildman–Crippen MR) is 66.3 cm³/mol. The first-order valence-electron chi connectivity index (χ1n) is 6.51. The maximum absolute atomic E-state index is 12.8. The Hall–Kier alpha value is -1.30. The fourth-order valence-corrected chi connectivity index (χ4v) is 3.02. The number of nitrogens with zero attached hydrogens (tertiary/aromatic N) is 2. The van der Waals surface area contributed by atoms with Crippen molar-refractivity contribution in [2.24, 2.45) is 0 Å². The molecule has 1 N–H and O–H groups in total. The SMILES string of the molecule is C[C@@H]1C[C@H]2CNCCN2c2ncc(C(F)(F)F)cc21. The molecule has 0 radical (unpaired) electrons. The van der Waals surface area contributed by atoms with Crippen LogP contribution in [0.2, 0.25) is 0 Å². The second-order valence-corrected chi connectivity index (χ2v) is 5.32. The van der Waals surface area contributed by atoms with Crippen molar-refractivity contribution in [3.05, 3.63) is 23.4 Å². The standard InChI is InChI=1S/C13H16F3N3/c1-8-4-10-7-17-2-3-19(10)12-11(8)5-9(6-18-12)13(14,15)16/h5-6,8,10,17H,2-4,7H2,1H3/t8-,10+/m1/s1. The summed E-state index contributed by atoms with van der Waals surface area (Å²) >= 11 is 0. The highest BCUT2D eigenvalue weighted by Gasteiger charge is 2.37. The normalized spacial score (nSPS) is 26.8. The lowest BCUT2D eigenvalue weighted by Gasteiger charge is -2.43. The van der Waals surface area contributed by atoms with Gasteiger partial charge in [0.25, 0.3) is 0 Å². The first-order chi connectivity index (χ1) is 8.97. The second-order valence-electron chi connectivity index (χ2n) is 5.32. The molecule has 3 nitrogen and oxygen atoms in total. The van der Waals surface area contributed by atoms with Crippen molar-refractivity contribution < 1.29 is 13.2 Å². The minimum atomic E-state index is -4.32. The number of anilines is 1. The minimum absolute atomic E-state index is 0.117. The third-order valence-electron chi connectivity index (χ3n) is 4.00. The summed E-state index contributed by atoms with van der Waals surface area (Å²) in [7, 11) is 0. The first-order valence-corrected chi connectivity index (χ1v) is 6.51. The summed E-state index contributed by atoms with van der Waals surface area (Å²) in [5.41, 5.74) is 0.0830. The topological polar surface area (TPSA) is 28.2 Å². The third kappa shape index (κ3) is 2.18. The Balaban J connectivity index is 2.02. The number of rotatable bonds is 0. The molecule has 3 rings (SSSR count). The van der Waals surface area contributed by atoms with Crippen molar-refractivity contribution >= 4 is 5.82 Å². The first kappa shape index (κ1) is 12.7. The van der Waals surface area contributed by atoms with E-state index in [2.05, 4.69) is 15.2 Å². The number of piperazine rings is 1. The van der Waals surface area contributed by atoms with Gasteiger partial charge in [-0.1, -0.05) is 6.92 Å². The molecule has 3 heterocycles. The van der Waals surface area contributed by atoms with Crippen molar-refractivity contribution in [2.45, 2.75) is 31.5 Å². The summed E-state index contributed by atoms with van der Waals surface area (Å²) in [6, 6.07) is 1.62. The van der Waals surface area contributed by atoms with E-state index in [1.807, 2.05) is 6.92 Å². The summed E-state index contributed by atoms with van der Waals surface area (Å²) in [6.07, 6.45) is -2.49. The van der Waals surface area contributed by atoms with Crippen molar-refractivity contribution in [3.8, 4) is 0 Å². The molecule has 104 valence electrons. The number of nitrogens with one attached hydrogen (secondary N) is 1. The van der Waals surface area contributed by atoms with Gasteiger partial charge in [-0.3, -0.25) is 0 Å². The fraction of sp³-hybridized carbons (Fsp3) is 0.615. The number of aromatic nitrogens is 1. The van der Waals surface area contributed by atoms with Crippen molar-refractivity contribution in [2.75, 3.05) is 24.5 Å². The maximum Gasteiger partial charge on any atom is 0.417 e. The maximum atomic E-state index is 12.8. The van der Waals surface area contributed by atoms with Gasteiger partial charge in [-0.25, -0.2) is 4.98 Å². The van der Waals surface area contributed by atoms with Gasteiger partial charge in [-0.05, 0) is 24.0 Å². The van der Waals surface area contributed by atoms with Gasteiger partial charge in [0.05, 0.1) is 5.56 Å². The highest BCUT2D eigenvalue weighted by atomic mass is 19.4. The van der Waals surface area contributed by atoms with E-state index in [-0.39, 0.29) is 5.92 Å². The molecule has 6 heteroatoms. The number of fused-ring (bicyclic) bond motifs is 3. The largest absolute Gasteiger partial charge is 0.417 e. The molecule has 0 bridgehead atoms. The highest BCUT2D eigenvalue weighted by molar-refractivity contribution is 5.54. The van der Waals surface area contributed by atoms with Crippen LogP contribution < -0.4 is 10.2 Å². The molecule has 0 aliphatic carbocycles. The van der Waals surface area contributed by atoms with Gasteiger partial charge in [-0.2, -0.15) is 13.2 Å². The van der Waals surface area contributed by atoms with Crippen LogP contribution in [-0.2, 0) is 6.18 Å². The molecule has 0 aromatic carbocycles. The lowest BCUT2D eigenvalue weighted by atomic mass is 9.87. The average Bonchev–Trinajstić information content (AvgIpc) is 2.37. The minimum Gasteiger partial charge on any atom is -0.351 e. The van der Waals surface area contributed by atoms with Crippen molar-refractivity contribution in [1.29, 1.82) is 0 Å². The lowest BCUT2D eigenvalue weighted by Crippen LogP contribution is -2.54. The Kier molecular flexibility index (Phi) is 2.92. The number of alkyl halides is 3. The van der Waals surface area contributed by atoms with Gasteiger partial charge in [0.15, 0.2) is 0 Å². The van der Waals surface area contributed by atoms with Crippen LogP contribution in [0.3, 0.4) is 0 Å². The van der Waals surface area contributed by atoms with Crippen LogP contribution in [-0.4, -0.2) is 30.7 Å². The van der Waals surface area contributed by atoms with Gasteiger partial charge in [-0.15, -0.1) is 0 Å². The lowest BCUT2D eigenvalue weighted by molar-refractivity contribution is -0.137.